The zero-order chi connectivity index (χ0) is 19.1. The molecule has 0 amide bonds. The molecule has 3 rings (SSSR count). The zero-order valence-electron chi connectivity index (χ0n) is 14.7. The van der Waals surface area contributed by atoms with Crippen LogP contribution in [-0.2, 0) is 20.2 Å². The Bertz CT molecular complexity index is 892. The van der Waals surface area contributed by atoms with Crippen LogP contribution >= 0.6 is 23.4 Å². The highest BCUT2D eigenvalue weighted by Gasteiger charge is 2.08. The van der Waals surface area contributed by atoms with Crippen LogP contribution < -0.4 is 10.1 Å². The van der Waals surface area contributed by atoms with Crippen molar-refractivity contribution in [3.8, 4) is 5.75 Å². The van der Waals surface area contributed by atoms with E-state index >= 15 is 0 Å². The van der Waals surface area contributed by atoms with Gasteiger partial charge in [-0.25, -0.2) is 9.07 Å². The molecule has 3 aromatic rings. The first kappa shape index (κ1) is 19.6. The molecule has 0 atom stereocenters. The van der Waals surface area contributed by atoms with Crippen molar-refractivity contribution in [2.45, 2.75) is 18.3 Å². The summed E-state index contributed by atoms with van der Waals surface area (Å²) in [4.78, 5) is 0. The summed E-state index contributed by atoms with van der Waals surface area (Å²) in [6.45, 7) is 1.51. The van der Waals surface area contributed by atoms with Gasteiger partial charge in [-0.05, 0) is 34.7 Å². The minimum absolute atomic E-state index is 0.163. The van der Waals surface area contributed by atoms with Gasteiger partial charge in [-0.3, -0.25) is 0 Å². The molecule has 0 bridgehead atoms. The smallest absolute Gasteiger partial charge is 0.209 e. The molecule has 1 N–H and O–H groups in total. The Balaban J connectivity index is 1.52. The van der Waals surface area contributed by atoms with E-state index in [9.17, 15) is 4.39 Å². The van der Waals surface area contributed by atoms with Crippen molar-refractivity contribution in [2.24, 2.45) is 7.05 Å². The van der Waals surface area contributed by atoms with Gasteiger partial charge >= 0.3 is 0 Å². The molecule has 0 aliphatic carbocycles. The van der Waals surface area contributed by atoms with Gasteiger partial charge in [0, 0.05) is 42.0 Å². The standard InChI is InChI=1S/C18H19ClFN5OS/c1-25-18(22-23-24-25)27-9-8-21-11-14-10-15(19)6-7-17(14)26-12-13-4-2-3-5-16(13)20/h2-7,10,21H,8-9,11-12H2,1H3. The Morgan fingerprint density at radius 2 is 2.07 bits per heavy atom. The molecule has 9 heteroatoms. The molecule has 0 aliphatic rings. The number of hydrogen-bond donors (Lipinski definition) is 1. The van der Waals surface area contributed by atoms with E-state index in [2.05, 4.69) is 20.8 Å². The maximum atomic E-state index is 13.8. The van der Waals surface area contributed by atoms with Crippen molar-refractivity contribution in [3.63, 3.8) is 0 Å². The lowest BCUT2D eigenvalue weighted by Crippen LogP contribution is -2.17. The summed E-state index contributed by atoms with van der Waals surface area (Å²) >= 11 is 7.68. The van der Waals surface area contributed by atoms with Crippen LogP contribution in [0.4, 0.5) is 4.39 Å². The van der Waals surface area contributed by atoms with Gasteiger partial charge in [0.15, 0.2) is 0 Å². The predicted molar refractivity (Wildman–Crippen MR) is 103 cm³/mol. The number of nitrogens with zero attached hydrogens (tertiary/aromatic N) is 4. The fraction of sp³-hybridized carbons (Fsp3) is 0.278. The molecular formula is C18H19ClFN5OS. The minimum Gasteiger partial charge on any atom is -0.488 e. The van der Waals surface area contributed by atoms with Crippen LogP contribution in [0.15, 0.2) is 47.6 Å². The maximum absolute atomic E-state index is 13.8. The highest BCUT2D eigenvalue weighted by atomic mass is 35.5. The Labute approximate surface area is 166 Å². The lowest BCUT2D eigenvalue weighted by molar-refractivity contribution is 0.296. The second kappa shape index (κ2) is 9.68. The second-order valence-electron chi connectivity index (χ2n) is 5.74. The van der Waals surface area contributed by atoms with Crippen LogP contribution in [0, 0.1) is 5.82 Å². The van der Waals surface area contributed by atoms with Gasteiger partial charge in [0.05, 0.1) is 0 Å². The van der Waals surface area contributed by atoms with Crippen molar-refractivity contribution >= 4 is 23.4 Å². The molecule has 0 saturated heterocycles. The summed E-state index contributed by atoms with van der Waals surface area (Å²) < 4.78 is 21.2. The van der Waals surface area contributed by atoms with Crippen molar-refractivity contribution in [2.75, 3.05) is 12.3 Å². The largest absolute Gasteiger partial charge is 0.488 e. The van der Waals surface area contributed by atoms with Crippen LogP contribution in [-0.4, -0.2) is 32.5 Å². The number of aryl methyl sites for hydroxylation is 1. The molecule has 0 unspecified atom stereocenters. The first-order chi connectivity index (χ1) is 13.1. The number of aromatic nitrogens is 4. The van der Waals surface area contributed by atoms with E-state index in [1.165, 1.54) is 6.07 Å². The predicted octanol–water partition coefficient (Wildman–Crippen LogP) is 3.46. The molecular weight excluding hydrogens is 389 g/mol. The molecule has 1 aromatic heterocycles. The van der Waals surface area contributed by atoms with E-state index in [1.807, 2.05) is 6.07 Å². The summed E-state index contributed by atoms with van der Waals surface area (Å²) in [5.41, 5.74) is 1.43. The second-order valence-corrected chi connectivity index (χ2v) is 7.24. The van der Waals surface area contributed by atoms with Crippen molar-refractivity contribution in [1.82, 2.24) is 25.5 Å². The summed E-state index contributed by atoms with van der Waals surface area (Å²) in [6.07, 6.45) is 0. The van der Waals surface area contributed by atoms with Crippen molar-refractivity contribution in [3.05, 3.63) is 64.4 Å². The van der Waals surface area contributed by atoms with Gasteiger partial charge in [-0.2, -0.15) is 0 Å². The average Bonchev–Trinajstić information content (AvgIpc) is 3.07. The Kier molecular flexibility index (Phi) is 7.03. The molecule has 142 valence electrons. The summed E-state index contributed by atoms with van der Waals surface area (Å²) in [6, 6.07) is 12.0. The first-order valence-electron chi connectivity index (χ1n) is 8.34. The number of rotatable bonds is 9. The number of benzene rings is 2. The summed E-state index contributed by atoms with van der Waals surface area (Å²) in [5, 5.41) is 16.1. The number of tetrazole rings is 1. The third-order valence-electron chi connectivity index (χ3n) is 3.77. The number of ether oxygens (including phenoxy) is 1. The van der Waals surface area contributed by atoms with E-state index < -0.39 is 0 Å². The van der Waals surface area contributed by atoms with Crippen LogP contribution in [0.3, 0.4) is 0 Å². The molecule has 0 radical (unpaired) electrons. The maximum Gasteiger partial charge on any atom is 0.209 e. The third-order valence-corrected chi connectivity index (χ3v) is 5.02. The summed E-state index contributed by atoms with van der Waals surface area (Å²) in [5.74, 6) is 1.22. The Hall–Kier alpha value is -2.16. The number of nitrogens with one attached hydrogen (secondary N) is 1. The molecule has 0 fully saturated rings. The van der Waals surface area contributed by atoms with Gasteiger partial charge < -0.3 is 10.1 Å². The monoisotopic (exact) mass is 407 g/mol. The lowest BCUT2D eigenvalue weighted by Gasteiger charge is -2.13. The van der Waals surface area contributed by atoms with Crippen molar-refractivity contribution < 1.29 is 9.13 Å². The van der Waals surface area contributed by atoms with Gasteiger partial charge in [-0.1, -0.05) is 41.6 Å². The van der Waals surface area contributed by atoms with E-state index in [0.717, 1.165) is 23.0 Å². The zero-order valence-corrected chi connectivity index (χ0v) is 16.3. The molecule has 27 heavy (non-hydrogen) atoms. The van der Waals surface area contributed by atoms with E-state index in [4.69, 9.17) is 16.3 Å². The number of thioether (sulfide) groups is 1. The van der Waals surface area contributed by atoms with E-state index in [-0.39, 0.29) is 12.4 Å². The minimum atomic E-state index is -0.276. The molecule has 2 aromatic carbocycles. The van der Waals surface area contributed by atoms with Crippen LogP contribution in [0.2, 0.25) is 5.02 Å². The quantitative estimate of drug-likeness (QED) is 0.433. The molecule has 0 aliphatic heterocycles. The van der Waals surface area contributed by atoms with Crippen LogP contribution in [0.1, 0.15) is 11.1 Å². The van der Waals surface area contributed by atoms with E-state index in [1.54, 1.807) is 53.8 Å². The highest BCUT2D eigenvalue weighted by Crippen LogP contribution is 2.24. The van der Waals surface area contributed by atoms with Gasteiger partial charge in [0.25, 0.3) is 0 Å². The number of halogens is 2. The average molecular weight is 408 g/mol. The normalized spacial score (nSPS) is 10.9. The summed E-state index contributed by atoms with van der Waals surface area (Å²) in [7, 11) is 1.81. The molecule has 0 spiro atoms. The van der Waals surface area contributed by atoms with Gasteiger partial charge in [0.2, 0.25) is 5.16 Å². The number of hydrogen-bond acceptors (Lipinski definition) is 6. The highest BCUT2D eigenvalue weighted by molar-refractivity contribution is 7.99. The fourth-order valence-corrected chi connectivity index (χ4v) is 3.32. The Morgan fingerprint density at radius 3 is 2.85 bits per heavy atom. The molecule has 6 nitrogen and oxygen atoms in total. The van der Waals surface area contributed by atoms with Gasteiger partial charge in [0.1, 0.15) is 18.2 Å². The fourth-order valence-electron chi connectivity index (χ4n) is 2.38. The third kappa shape index (κ3) is 5.66. The van der Waals surface area contributed by atoms with Crippen molar-refractivity contribution in [1.29, 1.82) is 0 Å². The Morgan fingerprint density at radius 1 is 1.22 bits per heavy atom. The topological polar surface area (TPSA) is 64.9 Å². The van der Waals surface area contributed by atoms with Gasteiger partial charge in [-0.15, -0.1) is 5.10 Å². The van der Waals surface area contributed by atoms with Crippen LogP contribution in [0.5, 0.6) is 5.75 Å². The van der Waals surface area contributed by atoms with Crippen LogP contribution in [0.25, 0.3) is 0 Å². The SMILES string of the molecule is Cn1nnnc1SCCNCc1cc(Cl)ccc1OCc1ccccc1F. The first-order valence-corrected chi connectivity index (χ1v) is 9.70. The van der Waals surface area contributed by atoms with E-state index in [0.29, 0.717) is 22.9 Å². The lowest BCUT2D eigenvalue weighted by atomic mass is 10.2. The molecule has 1 heterocycles. The molecule has 0 saturated carbocycles.